The lowest BCUT2D eigenvalue weighted by Gasteiger charge is -2.62. The highest BCUT2D eigenvalue weighted by Gasteiger charge is 2.71. The first kappa shape index (κ1) is 22.3. The number of ether oxygens (including phenoxy) is 2. The first-order valence-corrected chi connectivity index (χ1v) is 13.5. The maximum Gasteiger partial charge on any atom is 0.197 e. The van der Waals surface area contributed by atoms with Gasteiger partial charge in [0.25, 0.3) is 0 Å². The van der Waals surface area contributed by atoms with E-state index >= 15 is 0 Å². The fourth-order valence-corrected chi connectivity index (χ4v) is 10.4. The lowest BCUT2D eigenvalue weighted by Crippen LogP contribution is -2.59. The normalized spacial score (nSPS) is 64.0. The summed E-state index contributed by atoms with van der Waals surface area (Å²) in [6.07, 6.45) is 6.86. The van der Waals surface area contributed by atoms with E-state index in [-0.39, 0.29) is 41.0 Å². The van der Waals surface area contributed by atoms with Gasteiger partial charge in [-0.1, -0.05) is 27.7 Å². The standard InChI is InChI=1S/C27H44O5/c1-14-9-23(30)27(31-13-14)15(2)24-22(32-27)12-19-17-11-21(29)20-10-16(28)5-7-25(20,3)18(17)6-8-26(19,24)4/h14-24,28-30H,5-13H2,1-4H3/t14-,15-,16+,17-,18+,19-,20-,21+,22+,23-,24+,25-,26+,27+/m1/s1. The summed E-state index contributed by atoms with van der Waals surface area (Å²) < 4.78 is 13.0. The van der Waals surface area contributed by atoms with E-state index in [1.165, 1.54) is 12.8 Å². The summed E-state index contributed by atoms with van der Waals surface area (Å²) in [5.41, 5.74) is 0.324. The van der Waals surface area contributed by atoms with Crippen LogP contribution in [0.2, 0.25) is 0 Å². The Kier molecular flexibility index (Phi) is 4.99. The molecule has 32 heavy (non-hydrogen) atoms. The van der Waals surface area contributed by atoms with Gasteiger partial charge in [0.05, 0.1) is 24.9 Å². The summed E-state index contributed by atoms with van der Waals surface area (Å²) >= 11 is 0. The largest absolute Gasteiger partial charge is 0.393 e. The minimum absolute atomic E-state index is 0.146. The molecular formula is C27H44O5. The maximum absolute atomic E-state index is 11.2. The topological polar surface area (TPSA) is 79.2 Å². The van der Waals surface area contributed by atoms with Gasteiger partial charge in [-0.15, -0.1) is 0 Å². The highest BCUT2D eigenvalue weighted by Crippen LogP contribution is 2.71. The molecule has 14 atom stereocenters. The maximum atomic E-state index is 11.2. The van der Waals surface area contributed by atoms with Gasteiger partial charge in [-0.25, -0.2) is 0 Å². The van der Waals surface area contributed by atoms with Crippen molar-refractivity contribution in [3.63, 3.8) is 0 Å². The van der Waals surface area contributed by atoms with E-state index in [2.05, 4.69) is 27.7 Å². The molecule has 4 aliphatic carbocycles. The molecule has 6 aliphatic rings. The number of fused-ring (bicyclic) bond motifs is 7. The summed E-state index contributed by atoms with van der Waals surface area (Å²) in [5, 5.41) is 32.6. The SMILES string of the molecule is C[C@H]1CO[C@@]2(O[C@H]3C[C@@H]4[C@@H]5C[C@H](O)[C@H]6C[C@@H](O)CC[C@]6(C)[C@H]5CC[C@]4(C)[C@H]3[C@H]2C)[C@H](O)C1. The van der Waals surface area contributed by atoms with Crippen LogP contribution in [0.3, 0.4) is 0 Å². The summed E-state index contributed by atoms with van der Waals surface area (Å²) in [6, 6.07) is 0. The zero-order valence-electron chi connectivity index (χ0n) is 20.4. The third kappa shape index (κ3) is 2.75. The van der Waals surface area contributed by atoms with E-state index in [0.29, 0.717) is 36.2 Å². The van der Waals surface area contributed by atoms with Crippen LogP contribution in [0, 0.1) is 52.3 Å². The molecule has 0 amide bonds. The Hall–Kier alpha value is -0.200. The summed E-state index contributed by atoms with van der Waals surface area (Å²) in [7, 11) is 0. The molecule has 2 saturated heterocycles. The van der Waals surface area contributed by atoms with Crippen LogP contribution in [-0.4, -0.2) is 52.1 Å². The van der Waals surface area contributed by atoms with Crippen molar-refractivity contribution >= 4 is 0 Å². The molecule has 6 fully saturated rings. The zero-order valence-corrected chi connectivity index (χ0v) is 20.4. The molecule has 2 heterocycles. The number of aliphatic hydroxyl groups is 3. The van der Waals surface area contributed by atoms with E-state index in [1.54, 1.807) is 0 Å². The lowest BCUT2D eigenvalue weighted by molar-refractivity contribution is -0.316. The van der Waals surface area contributed by atoms with Crippen molar-refractivity contribution in [1.82, 2.24) is 0 Å². The molecule has 5 nitrogen and oxygen atoms in total. The molecule has 2 aliphatic heterocycles. The van der Waals surface area contributed by atoms with Gasteiger partial charge in [-0.05, 0) is 97.7 Å². The van der Waals surface area contributed by atoms with Crippen molar-refractivity contribution in [2.24, 2.45) is 52.3 Å². The fourth-order valence-electron chi connectivity index (χ4n) is 10.4. The summed E-state index contributed by atoms with van der Waals surface area (Å²) in [5.74, 6) is 2.12. The van der Waals surface area contributed by atoms with Crippen LogP contribution in [-0.2, 0) is 9.47 Å². The van der Waals surface area contributed by atoms with Crippen LogP contribution in [0.25, 0.3) is 0 Å². The molecule has 1 spiro atoms. The van der Waals surface area contributed by atoms with Gasteiger partial charge in [-0.3, -0.25) is 0 Å². The van der Waals surface area contributed by atoms with E-state index in [1.807, 2.05) is 0 Å². The van der Waals surface area contributed by atoms with Crippen LogP contribution < -0.4 is 0 Å². The summed E-state index contributed by atoms with van der Waals surface area (Å²) in [6.45, 7) is 9.98. The number of aliphatic hydroxyl groups excluding tert-OH is 3. The minimum Gasteiger partial charge on any atom is -0.393 e. The third-order valence-corrected chi connectivity index (χ3v) is 11.9. The molecule has 0 aromatic rings. The average molecular weight is 449 g/mol. The quantitative estimate of drug-likeness (QED) is 0.526. The Morgan fingerprint density at radius 1 is 0.812 bits per heavy atom. The van der Waals surface area contributed by atoms with E-state index in [9.17, 15) is 15.3 Å². The lowest BCUT2D eigenvalue weighted by atomic mass is 9.43. The minimum atomic E-state index is -0.824. The smallest absolute Gasteiger partial charge is 0.197 e. The Balaban J connectivity index is 1.29. The van der Waals surface area contributed by atoms with Gasteiger partial charge in [0.1, 0.15) is 6.10 Å². The van der Waals surface area contributed by atoms with Crippen molar-refractivity contribution in [2.75, 3.05) is 6.61 Å². The monoisotopic (exact) mass is 448 g/mol. The molecule has 3 N–H and O–H groups in total. The molecule has 5 heteroatoms. The molecule has 0 aromatic heterocycles. The molecule has 0 aromatic carbocycles. The molecule has 6 rings (SSSR count). The summed E-state index contributed by atoms with van der Waals surface area (Å²) in [4.78, 5) is 0. The van der Waals surface area contributed by atoms with Crippen LogP contribution in [0.1, 0.15) is 79.1 Å². The second kappa shape index (κ2) is 7.16. The second-order valence-corrected chi connectivity index (χ2v) is 13.4. The molecule has 4 saturated carbocycles. The number of hydrogen-bond acceptors (Lipinski definition) is 5. The van der Waals surface area contributed by atoms with Crippen LogP contribution in [0.5, 0.6) is 0 Å². The predicted octanol–water partition coefficient (Wildman–Crippen LogP) is 3.74. The highest BCUT2D eigenvalue weighted by atomic mass is 16.7. The van der Waals surface area contributed by atoms with Gasteiger partial charge in [0.15, 0.2) is 5.79 Å². The van der Waals surface area contributed by atoms with Crippen molar-refractivity contribution in [1.29, 1.82) is 0 Å². The number of hydrogen-bond donors (Lipinski definition) is 3. The van der Waals surface area contributed by atoms with E-state index in [0.717, 1.165) is 38.5 Å². The molecule has 0 unspecified atom stereocenters. The van der Waals surface area contributed by atoms with Crippen molar-refractivity contribution in [2.45, 2.75) is 109 Å². The Bertz CT molecular complexity index is 758. The molecular weight excluding hydrogens is 404 g/mol. The second-order valence-electron chi connectivity index (χ2n) is 13.4. The van der Waals surface area contributed by atoms with E-state index < -0.39 is 11.9 Å². The van der Waals surface area contributed by atoms with Gasteiger partial charge in [0.2, 0.25) is 0 Å². The van der Waals surface area contributed by atoms with E-state index in [4.69, 9.17) is 9.47 Å². The molecule has 0 radical (unpaired) electrons. The fraction of sp³-hybridized carbons (Fsp3) is 1.00. The van der Waals surface area contributed by atoms with Crippen LogP contribution in [0.15, 0.2) is 0 Å². The molecule has 0 bridgehead atoms. The van der Waals surface area contributed by atoms with Crippen molar-refractivity contribution < 1.29 is 24.8 Å². The van der Waals surface area contributed by atoms with Crippen LogP contribution in [0.4, 0.5) is 0 Å². The average Bonchev–Trinajstić information content (AvgIpc) is 3.18. The first-order valence-electron chi connectivity index (χ1n) is 13.5. The van der Waals surface area contributed by atoms with Gasteiger partial charge < -0.3 is 24.8 Å². The van der Waals surface area contributed by atoms with Gasteiger partial charge in [0, 0.05) is 5.92 Å². The highest BCUT2D eigenvalue weighted by molar-refractivity contribution is 5.17. The van der Waals surface area contributed by atoms with Crippen molar-refractivity contribution in [3.05, 3.63) is 0 Å². The zero-order chi connectivity index (χ0) is 22.6. The predicted molar refractivity (Wildman–Crippen MR) is 121 cm³/mol. The van der Waals surface area contributed by atoms with Crippen molar-refractivity contribution in [3.8, 4) is 0 Å². The first-order chi connectivity index (χ1) is 15.1. The number of rotatable bonds is 0. The van der Waals surface area contributed by atoms with Gasteiger partial charge >= 0.3 is 0 Å². The molecule has 182 valence electrons. The van der Waals surface area contributed by atoms with Crippen LogP contribution >= 0.6 is 0 Å². The third-order valence-electron chi connectivity index (χ3n) is 11.9. The van der Waals surface area contributed by atoms with Gasteiger partial charge in [-0.2, -0.15) is 0 Å². The Morgan fingerprint density at radius 2 is 1.56 bits per heavy atom. The Morgan fingerprint density at radius 3 is 2.31 bits per heavy atom. The Labute approximate surface area is 193 Å².